The molecule has 1 aliphatic rings. The smallest absolute Gasteiger partial charge is 0.257 e. The zero-order valence-corrected chi connectivity index (χ0v) is 13.8. The van der Waals surface area contributed by atoms with E-state index in [-0.39, 0.29) is 5.91 Å². The van der Waals surface area contributed by atoms with Crippen molar-refractivity contribution in [1.29, 1.82) is 0 Å². The lowest BCUT2D eigenvalue weighted by molar-refractivity contribution is 0.0529. The van der Waals surface area contributed by atoms with Crippen LogP contribution >= 0.6 is 15.9 Å². The first kappa shape index (κ1) is 15.3. The third-order valence-corrected chi connectivity index (χ3v) is 4.21. The highest BCUT2D eigenvalue weighted by atomic mass is 79.9. The van der Waals surface area contributed by atoms with Gasteiger partial charge in [0.25, 0.3) is 5.91 Å². The highest BCUT2D eigenvalue weighted by Crippen LogP contribution is 2.21. The Morgan fingerprint density at radius 1 is 1.55 bits per heavy atom. The minimum atomic E-state index is 0.0470. The summed E-state index contributed by atoms with van der Waals surface area (Å²) < 4.78 is 0.820. The van der Waals surface area contributed by atoms with E-state index in [0.717, 1.165) is 30.7 Å². The molecule has 6 heteroatoms. The minimum absolute atomic E-state index is 0.0470. The molecule has 1 atom stereocenters. The van der Waals surface area contributed by atoms with Gasteiger partial charge in [-0.3, -0.25) is 9.69 Å². The van der Waals surface area contributed by atoms with Gasteiger partial charge in [-0.25, -0.2) is 4.98 Å². The number of halogens is 1. The fourth-order valence-electron chi connectivity index (χ4n) is 2.62. The summed E-state index contributed by atoms with van der Waals surface area (Å²) in [5.74, 6) is 0.675. The summed E-state index contributed by atoms with van der Waals surface area (Å²) in [5.41, 5.74) is 0.624. The van der Waals surface area contributed by atoms with Crippen LogP contribution in [0.1, 0.15) is 24.2 Å². The summed E-state index contributed by atoms with van der Waals surface area (Å²) in [6.07, 6.45) is 1.69. The maximum Gasteiger partial charge on any atom is 0.257 e. The average molecular weight is 341 g/mol. The Morgan fingerprint density at radius 3 is 2.90 bits per heavy atom. The summed E-state index contributed by atoms with van der Waals surface area (Å²) >= 11 is 3.38. The Kier molecular flexibility index (Phi) is 4.99. The van der Waals surface area contributed by atoms with Crippen LogP contribution < -0.4 is 5.32 Å². The maximum atomic E-state index is 12.7. The maximum absolute atomic E-state index is 12.7. The van der Waals surface area contributed by atoms with Gasteiger partial charge in [0.15, 0.2) is 0 Å². The van der Waals surface area contributed by atoms with Gasteiger partial charge >= 0.3 is 0 Å². The Hall–Kier alpha value is -1.14. The van der Waals surface area contributed by atoms with Crippen LogP contribution in [0.2, 0.25) is 0 Å². The zero-order valence-electron chi connectivity index (χ0n) is 12.2. The quantitative estimate of drug-likeness (QED) is 0.914. The number of anilines is 1. The van der Waals surface area contributed by atoms with E-state index in [2.05, 4.69) is 45.0 Å². The van der Waals surface area contributed by atoms with Crippen LogP contribution in [0, 0.1) is 0 Å². The van der Waals surface area contributed by atoms with E-state index < -0.39 is 0 Å². The fraction of sp³-hybridized carbons (Fsp3) is 0.571. The van der Waals surface area contributed by atoms with Crippen LogP contribution in [0.25, 0.3) is 0 Å². The van der Waals surface area contributed by atoms with Gasteiger partial charge in [-0.15, -0.1) is 0 Å². The van der Waals surface area contributed by atoms with Crippen LogP contribution in [-0.2, 0) is 0 Å². The molecule has 2 rings (SSSR count). The molecular weight excluding hydrogens is 320 g/mol. The summed E-state index contributed by atoms with van der Waals surface area (Å²) in [5, 5.41) is 2.98. The van der Waals surface area contributed by atoms with Crippen molar-refractivity contribution in [3.63, 3.8) is 0 Å². The van der Waals surface area contributed by atoms with Gasteiger partial charge in [-0.2, -0.15) is 0 Å². The molecule has 0 aromatic carbocycles. The molecule has 5 nitrogen and oxygen atoms in total. The monoisotopic (exact) mass is 340 g/mol. The molecule has 0 spiro atoms. The van der Waals surface area contributed by atoms with E-state index in [9.17, 15) is 4.79 Å². The van der Waals surface area contributed by atoms with Crippen LogP contribution in [0.3, 0.4) is 0 Å². The summed E-state index contributed by atoms with van der Waals surface area (Å²) in [7, 11) is 1.78. The number of carbonyl (C=O) groups excluding carboxylic acids is 1. The zero-order chi connectivity index (χ0) is 14.7. The molecule has 1 saturated heterocycles. The highest BCUT2D eigenvalue weighted by molar-refractivity contribution is 9.10. The van der Waals surface area contributed by atoms with E-state index in [1.807, 2.05) is 11.0 Å². The topological polar surface area (TPSA) is 48.5 Å². The van der Waals surface area contributed by atoms with Crippen molar-refractivity contribution in [3.8, 4) is 0 Å². The molecule has 1 aromatic rings. The number of likely N-dealkylation sites (N-methyl/N-ethyl adjacent to an activating group) is 1. The van der Waals surface area contributed by atoms with Crippen molar-refractivity contribution in [2.45, 2.75) is 19.9 Å². The third kappa shape index (κ3) is 3.12. The molecule has 2 heterocycles. The van der Waals surface area contributed by atoms with Crippen LogP contribution in [0.5, 0.6) is 0 Å². The standard InChI is InChI=1S/C14H21BrN4O/c1-4-18-5-6-19(9-10(18)2)14(20)12-7-11(15)8-17-13(12)16-3/h7-8,10H,4-6,9H2,1-3H3,(H,16,17). The normalized spacial score (nSPS) is 20.0. The second kappa shape index (κ2) is 6.54. The van der Waals surface area contributed by atoms with Crippen molar-refractivity contribution >= 4 is 27.7 Å². The number of aromatic nitrogens is 1. The number of nitrogens with one attached hydrogen (secondary N) is 1. The van der Waals surface area contributed by atoms with Crippen molar-refractivity contribution < 1.29 is 4.79 Å². The van der Waals surface area contributed by atoms with Gasteiger partial charge in [-0.1, -0.05) is 6.92 Å². The molecule has 0 aliphatic carbocycles. The summed E-state index contributed by atoms with van der Waals surface area (Å²) in [6, 6.07) is 2.23. The Balaban J connectivity index is 2.18. The van der Waals surface area contributed by atoms with E-state index in [1.54, 1.807) is 13.2 Å². The number of carbonyl (C=O) groups is 1. The average Bonchev–Trinajstić information content (AvgIpc) is 2.46. The van der Waals surface area contributed by atoms with Crippen molar-refractivity contribution in [1.82, 2.24) is 14.8 Å². The molecule has 1 aromatic heterocycles. The molecule has 1 aliphatic heterocycles. The molecule has 110 valence electrons. The SMILES string of the molecule is CCN1CCN(C(=O)c2cc(Br)cnc2NC)CC1C. The lowest BCUT2D eigenvalue weighted by atomic mass is 10.1. The van der Waals surface area contributed by atoms with E-state index in [4.69, 9.17) is 0 Å². The van der Waals surface area contributed by atoms with Crippen LogP contribution in [0.4, 0.5) is 5.82 Å². The van der Waals surface area contributed by atoms with Gasteiger partial charge in [-0.05, 0) is 35.5 Å². The van der Waals surface area contributed by atoms with Crippen LogP contribution in [-0.4, -0.2) is 60.0 Å². The molecule has 0 saturated carbocycles. The number of rotatable bonds is 3. The van der Waals surface area contributed by atoms with Gasteiger partial charge < -0.3 is 10.2 Å². The molecule has 20 heavy (non-hydrogen) atoms. The first-order valence-electron chi connectivity index (χ1n) is 6.93. The van der Waals surface area contributed by atoms with E-state index in [0.29, 0.717) is 17.4 Å². The van der Waals surface area contributed by atoms with Crippen molar-refractivity contribution in [2.75, 3.05) is 38.5 Å². The van der Waals surface area contributed by atoms with Crippen molar-refractivity contribution in [2.24, 2.45) is 0 Å². The summed E-state index contributed by atoms with van der Waals surface area (Å²) in [6.45, 7) is 7.82. The Labute approximate surface area is 128 Å². The third-order valence-electron chi connectivity index (χ3n) is 3.78. The lowest BCUT2D eigenvalue weighted by Crippen LogP contribution is -2.53. The molecule has 0 radical (unpaired) electrons. The predicted octanol–water partition coefficient (Wildman–Crippen LogP) is 2.05. The van der Waals surface area contributed by atoms with Gasteiger partial charge in [0.05, 0.1) is 5.56 Å². The number of nitrogens with zero attached hydrogens (tertiary/aromatic N) is 3. The first-order chi connectivity index (χ1) is 9.56. The largest absolute Gasteiger partial charge is 0.372 e. The molecule has 0 bridgehead atoms. The lowest BCUT2D eigenvalue weighted by Gasteiger charge is -2.39. The molecule has 1 unspecified atom stereocenters. The number of hydrogen-bond acceptors (Lipinski definition) is 4. The van der Waals surface area contributed by atoms with Gasteiger partial charge in [0.2, 0.25) is 0 Å². The number of piperazine rings is 1. The second-order valence-corrected chi connectivity index (χ2v) is 5.94. The molecular formula is C14H21BrN4O. The van der Waals surface area contributed by atoms with Crippen LogP contribution in [0.15, 0.2) is 16.7 Å². The highest BCUT2D eigenvalue weighted by Gasteiger charge is 2.27. The minimum Gasteiger partial charge on any atom is -0.372 e. The molecule has 1 amide bonds. The van der Waals surface area contributed by atoms with E-state index in [1.165, 1.54) is 0 Å². The van der Waals surface area contributed by atoms with Crippen molar-refractivity contribution in [3.05, 3.63) is 22.3 Å². The Morgan fingerprint density at radius 2 is 2.30 bits per heavy atom. The molecule has 1 fully saturated rings. The van der Waals surface area contributed by atoms with Gasteiger partial charge in [0.1, 0.15) is 5.82 Å². The number of hydrogen-bond donors (Lipinski definition) is 1. The fourth-order valence-corrected chi connectivity index (χ4v) is 2.95. The predicted molar refractivity (Wildman–Crippen MR) is 84.1 cm³/mol. The Bertz CT molecular complexity index is 494. The number of amides is 1. The second-order valence-electron chi connectivity index (χ2n) is 5.03. The molecule has 1 N–H and O–H groups in total. The van der Waals surface area contributed by atoms with Gasteiger partial charge in [0, 0.05) is 43.4 Å². The van der Waals surface area contributed by atoms with E-state index >= 15 is 0 Å². The first-order valence-corrected chi connectivity index (χ1v) is 7.72. The number of pyridine rings is 1. The summed E-state index contributed by atoms with van der Waals surface area (Å²) in [4.78, 5) is 21.2.